The Kier molecular flexibility index (Phi) is 10.7. The lowest BCUT2D eigenvalue weighted by molar-refractivity contribution is -0.151. The van der Waals surface area contributed by atoms with Crippen LogP contribution < -0.4 is 5.32 Å². The number of rotatable bonds is 12. The molecule has 0 amide bonds. The van der Waals surface area contributed by atoms with Crippen LogP contribution in [0.4, 0.5) is 0 Å². The van der Waals surface area contributed by atoms with Crippen molar-refractivity contribution in [3.05, 3.63) is 0 Å². The molecular weight excluding hydrogens is 266 g/mol. The number of hydrogen-bond donors (Lipinski definition) is 1. The van der Waals surface area contributed by atoms with Crippen LogP contribution in [0, 0.1) is 5.92 Å². The van der Waals surface area contributed by atoms with Gasteiger partial charge in [-0.1, -0.05) is 20.8 Å². The summed E-state index contributed by atoms with van der Waals surface area (Å²) in [6.45, 7) is 14.3. The highest BCUT2D eigenvalue weighted by Gasteiger charge is 2.33. The smallest absolute Gasteiger partial charge is 0.326 e. The average Bonchev–Trinajstić information content (AvgIpc) is 2.44. The summed E-state index contributed by atoms with van der Waals surface area (Å²) in [5, 5.41) is 3.33. The largest absolute Gasteiger partial charge is 0.465 e. The minimum atomic E-state index is -0.574. The third kappa shape index (κ3) is 8.42. The van der Waals surface area contributed by atoms with Crippen LogP contribution in [-0.4, -0.2) is 37.4 Å². The fraction of sp³-hybridized carbons (Fsp3) is 0.941. The van der Waals surface area contributed by atoms with Gasteiger partial charge in [-0.15, -0.1) is 0 Å². The number of unbranched alkanes of at least 4 members (excludes halogenated alkanes) is 1. The van der Waals surface area contributed by atoms with Gasteiger partial charge in [0.2, 0.25) is 0 Å². The Morgan fingerprint density at radius 1 is 1.19 bits per heavy atom. The van der Waals surface area contributed by atoms with Crippen molar-refractivity contribution in [1.29, 1.82) is 0 Å². The molecule has 2 unspecified atom stereocenters. The number of ether oxygens (including phenoxy) is 2. The molecule has 0 saturated heterocycles. The molecule has 0 aromatic carbocycles. The first-order valence-corrected chi connectivity index (χ1v) is 8.41. The second-order valence-corrected chi connectivity index (χ2v) is 6.26. The van der Waals surface area contributed by atoms with Crippen LogP contribution in [-0.2, 0) is 14.3 Å². The van der Waals surface area contributed by atoms with Gasteiger partial charge in [0.1, 0.15) is 5.54 Å². The maximum absolute atomic E-state index is 12.1. The fourth-order valence-corrected chi connectivity index (χ4v) is 2.00. The summed E-state index contributed by atoms with van der Waals surface area (Å²) in [4.78, 5) is 12.1. The Morgan fingerprint density at radius 2 is 1.86 bits per heavy atom. The van der Waals surface area contributed by atoms with Crippen molar-refractivity contribution in [3.63, 3.8) is 0 Å². The Hall–Kier alpha value is -0.610. The van der Waals surface area contributed by atoms with E-state index in [1.54, 1.807) is 0 Å². The molecule has 0 saturated carbocycles. The molecule has 0 aromatic rings. The van der Waals surface area contributed by atoms with Crippen molar-refractivity contribution in [2.75, 3.05) is 19.8 Å². The van der Waals surface area contributed by atoms with Crippen LogP contribution in [0.1, 0.15) is 67.2 Å². The summed E-state index contributed by atoms with van der Waals surface area (Å²) in [5.74, 6) is 0.399. The van der Waals surface area contributed by atoms with Gasteiger partial charge >= 0.3 is 5.97 Å². The lowest BCUT2D eigenvalue weighted by Crippen LogP contribution is -2.50. The number of nitrogens with one attached hydrogen (secondary N) is 1. The molecule has 0 rings (SSSR count). The van der Waals surface area contributed by atoms with Gasteiger partial charge in [0.25, 0.3) is 0 Å². The Bertz CT molecular complexity index is 281. The third-order valence-corrected chi connectivity index (χ3v) is 3.88. The van der Waals surface area contributed by atoms with Crippen molar-refractivity contribution in [2.45, 2.75) is 78.9 Å². The molecular formula is C17H35NO3. The van der Waals surface area contributed by atoms with E-state index in [1.165, 1.54) is 0 Å². The highest BCUT2D eigenvalue weighted by atomic mass is 16.5. The van der Waals surface area contributed by atoms with Gasteiger partial charge in [-0.3, -0.25) is 4.79 Å². The molecule has 0 bridgehead atoms. The normalized spacial score (nSPS) is 15.8. The van der Waals surface area contributed by atoms with Gasteiger partial charge in [-0.25, -0.2) is 0 Å². The van der Waals surface area contributed by atoms with Crippen molar-refractivity contribution < 1.29 is 14.3 Å². The van der Waals surface area contributed by atoms with Crippen LogP contribution in [0.2, 0.25) is 0 Å². The van der Waals surface area contributed by atoms with Gasteiger partial charge in [-0.2, -0.15) is 0 Å². The molecule has 0 aromatic heterocycles. The fourth-order valence-electron chi connectivity index (χ4n) is 2.00. The summed E-state index contributed by atoms with van der Waals surface area (Å²) >= 11 is 0. The van der Waals surface area contributed by atoms with Gasteiger partial charge in [-0.05, 0) is 58.9 Å². The highest BCUT2D eigenvalue weighted by molar-refractivity contribution is 5.80. The van der Waals surface area contributed by atoms with E-state index in [0.717, 1.165) is 38.8 Å². The summed E-state index contributed by atoms with van der Waals surface area (Å²) in [7, 11) is 0. The molecule has 21 heavy (non-hydrogen) atoms. The van der Waals surface area contributed by atoms with Crippen LogP contribution in [0.3, 0.4) is 0 Å². The lowest BCUT2D eigenvalue weighted by atomic mass is 9.94. The zero-order valence-corrected chi connectivity index (χ0v) is 14.8. The maximum Gasteiger partial charge on any atom is 0.326 e. The molecule has 4 nitrogen and oxygen atoms in total. The van der Waals surface area contributed by atoms with Crippen LogP contribution in [0.15, 0.2) is 0 Å². The monoisotopic (exact) mass is 301 g/mol. The van der Waals surface area contributed by atoms with E-state index in [1.807, 2.05) is 13.8 Å². The molecule has 2 atom stereocenters. The quantitative estimate of drug-likeness (QED) is 0.442. The van der Waals surface area contributed by atoms with Crippen molar-refractivity contribution in [1.82, 2.24) is 5.32 Å². The SMILES string of the molecule is CCCNC(C)(CCCCOC(C)C(C)C)C(=O)OCC. The van der Waals surface area contributed by atoms with Gasteiger partial charge < -0.3 is 14.8 Å². The molecule has 0 radical (unpaired) electrons. The molecule has 0 aliphatic rings. The molecule has 4 heteroatoms. The Labute approximate surface area is 131 Å². The first kappa shape index (κ1) is 20.4. The number of carbonyl (C=O) groups is 1. The minimum Gasteiger partial charge on any atom is -0.465 e. The summed E-state index contributed by atoms with van der Waals surface area (Å²) in [6.07, 6.45) is 4.01. The number of hydrogen-bond acceptors (Lipinski definition) is 4. The van der Waals surface area contributed by atoms with E-state index in [2.05, 4.69) is 33.0 Å². The van der Waals surface area contributed by atoms with E-state index in [-0.39, 0.29) is 5.97 Å². The van der Waals surface area contributed by atoms with Crippen LogP contribution >= 0.6 is 0 Å². The highest BCUT2D eigenvalue weighted by Crippen LogP contribution is 2.17. The third-order valence-electron chi connectivity index (χ3n) is 3.88. The van der Waals surface area contributed by atoms with Crippen molar-refractivity contribution in [2.24, 2.45) is 5.92 Å². The van der Waals surface area contributed by atoms with Gasteiger partial charge in [0.15, 0.2) is 0 Å². The zero-order chi connectivity index (χ0) is 16.3. The maximum atomic E-state index is 12.1. The van der Waals surface area contributed by atoms with Gasteiger partial charge in [0.05, 0.1) is 12.7 Å². The van der Waals surface area contributed by atoms with Gasteiger partial charge in [0, 0.05) is 6.61 Å². The average molecular weight is 301 g/mol. The van der Waals surface area contributed by atoms with Crippen molar-refractivity contribution >= 4 is 5.97 Å². The molecule has 0 heterocycles. The first-order chi connectivity index (χ1) is 9.87. The van der Waals surface area contributed by atoms with E-state index in [9.17, 15) is 4.79 Å². The molecule has 0 spiro atoms. The molecule has 0 aliphatic heterocycles. The minimum absolute atomic E-state index is 0.144. The predicted octanol–water partition coefficient (Wildman–Crippen LogP) is 3.54. The molecule has 0 aliphatic carbocycles. The lowest BCUT2D eigenvalue weighted by Gasteiger charge is -2.28. The molecule has 126 valence electrons. The van der Waals surface area contributed by atoms with E-state index in [4.69, 9.17) is 9.47 Å². The van der Waals surface area contributed by atoms with E-state index < -0.39 is 5.54 Å². The summed E-state index contributed by atoms with van der Waals surface area (Å²) in [6, 6.07) is 0. The van der Waals surface area contributed by atoms with Crippen LogP contribution in [0.25, 0.3) is 0 Å². The summed E-state index contributed by atoms with van der Waals surface area (Å²) < 4.78 is 11.0. The Balaban J connectivity index is 4.15. The standard InChI is InChI=1S/C17H35NO3/c1-7-12-18-17(6,16(19)20-8-2)11-9-10-13-21-15(5)14(3)4/h14-15,18H,7-13H2,1-6H3. The first-order valence-electron chi connectivity index (χ1n) is 8.41. The van der Waals surface area contributed by atoms with Crippen molar-refractivity contribution in [3.8, 4) is 0 Å². The topological polar surface area (TPSA) is 47.6 Å². The number of esters is 1. The second kappa shape index (κ2) is 11.0. The molecule has 0 fully saturated rings. The number of carbonyl (C=O) groups excluding carboxylic acids is 1. The zero-order valence-electron chi connectivity index (χ0n) is 14.8. The Morgan fingerprint density at radius 3 is 2.38 bits per heavy atom. The molecule has 1 N–H and O–H groups in total. The predicted molar refractivity (Wildman–Crippen MR) is 87.4 cm³/mol. The summed E-state index contributed by atoms with van der Waals surface area (Å²) in [5.41, 5.74) is -0.574. The van der Waals surface area contributed by atoms with Crippen LogP contribution in [0.5, 0.6) is 0 Å². The van der Waals surface area contributed by atoms with E-state index >= 15 is 0 Å². The van der Waals surface area contributed by atoms with E-state index in [0.29, 0.717) is 18.6 Å². The second-order valence-electron chi connectivity index (χ2n) is 6.26.